The van der Waals surface area contributed by atoms with Gasteiger partial charge in [-0.25, -0.2) is 0 Å². The lowest BCUT2D eigenvalue weighted by Gasteiger charge is -2.24. The van der Waals surface area contributed by atoms with Gasteiger partial charge in [0.25, 0.3) is 0 Å². The third-order valence-corrected chi connectivity index (χ3v) is 5.37. The molecule has 0 aliphatic heterocycles. The van der Waals surface area contributed by atoms with E-state index in [0.717, 1.165) is 35.1 Å². The predicted octanol–water partition coefficient (Wildman–Crippen LogP) is 8.26. The monoisotopic (exact) mass is 434 g/mol. The zero-order valence-electron chi connectivity index (χ0n) is 20.1. The largest absolute Gasteiger partial charge is 0.321 e. The SMILES string of the molecule is C=CN(C(=C)Cc1ccc(Cc2ccc(C)cc2)cc1)c1ccnc2ccccc12.CCC. The van der Waals surface area contributed by atoms with Crippen molar-refractivity contribution in [2.75, 3.05) is 4.90 Å². The maximum atomic E-state index is 4.46. The van der Waals surface area contributed by atoms with Crippen molar-refractivity contribution < 1.29 is 0 Å². The molecule has 0 unspecified atom stereocenters. The smallest absolute Gasteiger partial charge is 0.0723 e. The molecule has 2 heteroatoms. The molecule has 3 aromatic carbocycles. The van der Waals surface area contributed by atoms with Gasteiger partial charge in [0.15, 0.2) is 0 Å². The summed E-state index contributed by atoms with van der Waals surface area (Å²) in [5, 5.41) is 1.09. The first-order chi connectivity index (χ1) is 16.0. The Labute approximate surface area is 198 Å². The van der Waals surface area contributed by atoms with E-state index in [9.17, 15) is 0 Å². The van der Waals surface area contributed by atoms with Gasteiger partial charge < -0.3 is 4.90 Å². The lowest BCUT2D eigenvalue weighted by molar-refractivity contribution is 1.05. The molecule has 4 aromatic rings. The second-order valence-electron chi connectivity index (χ2n) is 8.33. The molecule has 0 spiro atoms. The topological polar surface area (TPSA) is 16.1 Å². The molecule has 4 rings (SSSR count). The molecule has 33 heavy (non-hydrogen) atoms. The summed E-state index contributed by atoms with van der Waals surface area (Å²) in [4.78, 5) is 6.52. The van der Waals surface area contributed by atoms with Gasteiger partial charge in [-0.15, -0.1) is 0 Å². The van der Waals surface area contributed by atoms with Crippen molar-refractivity contribution in [2.45, 2.75) is 40.0 Å². The van der Waals surface area contributed by atoms with Crippen LogP contribution >= 0.6 is 0 Å². The number of allylic oxidation sites excluding steroid dienone is 1. The van der Waals surface area contributed by atoms with E-state index >= 15 is 0 Å². The maximum Gasteiger partial charge on any atom is 0.0723 e. The Morgan fingerprint density at radius 3 is 2.06 bits per heavy atom. The highest BCUT2D eigenvalue weighted by Crippen LogP contribution is 2.29. The van der Waals surface area contributed by atoms with Crippen LogP contribution in [0.2, 0.25) is 0 Å². The quantitative estimate of drug-likeness (QED) is 0.291. The van der Waals surface area contributed by atoms with Crippen molar-refractivity contribution in [1.29, 1.82) is 0 Å². The van der Waals surface area contributed by atoms with Crippen LogP contribution in [0.25, 0.3) is 10.9 Å². The molecule has 0 saturated heterocycles. The number of hydrogen-bond donors (Lipinski definition) is 0. The van der Waals surface area contributed by atoms with Crippen LogP contribution in [-0.4, -0.2) is 4.98 Å². The predicted molar refractivity (Wildman–Crippen MR) is 144 cm³/mol. The maximum absolute atomic E-state index is 4.46. The number of pyridine rings is 1. The van der Waals surface area contributed by atoms with E-state index in [1.165, 1.54) is 28.7 Å². The highest BCUT2D eigenvalue weighted by atomic mass is 15.1. The molecule has 0 N–H and O–H groups in total. The van der Waals surface area contributed by atoms with Gasteiger partial charge in [0.2, 0.25) is 0 Å². The van der Waals surface area contributed by atoms with Crippen LogP contribution < -0.4 is 4.90 Å². The fourth-order valence-corrected chi connectivity index (χ4v) is 3.73. The van der Waals surface area contributed by atoms with Gasteiger partial charge in [0.05, 0.1) is 11.2 Å². The minimum absolute atomic E-state index is 0.757. The minimum Gasteiger partial charge on any atom is -0.321 e. The highest BCUT2D eigenvalue weighted by molar-refractivity contribution is 5.92. The summed E-state index contributed by atoms with van der Waals surface area (Å²) in [5.74, 6) is 0. The molecule has 0 amide bonds. The Balaban J connectivity index is 0.000000968. The van der Waals surface area contributed by atoms with Crippen LogP contribution in [0, 0.1) is 6.92 Å². The van der Waals surface area contributed by atoms with Gasteiger partial charge >= 0.3 is 0 Å². The number of para-hydroxylation sites is 1. The van der Waals surface area contributed by atoms with Crippen LogP contribution in [0.5, 0.6) is 0 Å². The van der Waals surface area contributed by atoms with Gasteiger partial charge in [-0.1, -0.05) is 106 Å². The van der Waals surface area contributed by atoms with Crippen LogP contribution in [-0.2, 0) is 12.8 Å². The van der Waals surface area contributed by atoms with Gasteiger partial charge in [0.1, 0.15) is 0 Å². The van der Waals surface area contributed by atoms with Crippen LogP contribution in [0.4, 0.5) is 5.69 Å². The number of fused-ring (bicyclic) bond motifs is 1. The second kappa shape index (κ2) is 11.8. The Hall–Kier alpha value is -3.65. The Morgan fingerprint density at radius 2 is 1.42 bits per heavy atom. The highest BCUT2D eigenvalue weighted by Gasteiger charge is 2.11. The molecule has 2 nitrogen and oxygen atoms in total. The first-order valence-corrected chi connectivity index (χ1v) is 11.6. The standard InChI is InChI=1S/C28H26N2.C3H8/c1-4-30(28-17-18-29-27-8-6-5-7-26(27)28)22(3)19-23-13-15-25(16-14-23)20-24-11-9-21(2)10-12-24;1-3-2/h4-18H,1,3,19-20H2,2H3;3H2,1-2H3. The molecular formula is C31H34N2. The van der Waals surface area contributed by atoms with Gasteiger partial charge in [0, 0.05) is 29.9 Å². The number of rotatable bonds is 7. The zero-order chi connectivity index (χ0) is 23.6. The van der Waals surface area contributed by atoms with E-state index in [4.69, 9.17) is 0 Å². The lowest BCUT2D eigenvalue weighted by Crippen LogP contribution is -2.16. The molecule has 0 aliphatic rings. The Bertz CT molecular complexity index is 1180. The first kappa shape index (κ1) is 24.0. The molecule has 0 radical (unpaired) electrons. The average Bonchev–Trinajstić information content (AvgIpc) is 2.83. The molecular weight excluding hydrogens is 400 g/mol. The summed E-state index contributed by atoms with van der Waals surface area (Å²) in [5.41, 5.74) is 8.17. The first-order valence-electron chi connectivity index (χ1n) is 11.6. The molecule has 0 atom stereocenters. The number of nitrogens with zero attached hydrogens (tertiary/aromatic N) is 2. The van der Waals surface area contributed by atoms with Crippen molar-refractivity contribution in [3.63, 3.8) is 0 Å². The molecule has 0 bridgehead atoms. The summed E-state index contributed by atoms with van der Waals surface area (Å²) in [6.45, 7) is 14.7. The number of aryl methyl sites for hydroxylation is 1. The number of anilines is 1. The van der Waals surface area contributed by atoms with E-state index < -0.39 is 0 Å². The summed E-state index contributed by atoms with van der Waals surface area (Å²) >= 11 is 0. The van der Waals surface area contributed by atoms with Crippen molar-refractivity contribution in [3.8, 4) is 0 Å². The summed E-state index contributed by atoms with van der Waals surface area (Å²) in [6, 6.07) is 27.7. The third-order valence-electron chi connectivity index (χ3n) is 5.37. The van der Waals surface area contributed by atoms with Crippen LogP contribution in [0.1, 0.15) is 42.5 Å². The fourth-order valence-electron chi connectivity index (χ4n) is 3.73. The van der Waals surface area contributed by atoms with E-state index in [2.05, 4.69) is 98.4 Å². The molecule has 0 saturated carbocycles. The van der Waals surface area contributed by atoms with Crippen LogP contribution in [0.3, 0.4) is 0 Å². The zero-order valence-corrected chi connectivity index (χ0v) is 20.1. The van der Waals surface area contributed by atoms with Gasteiger partial charge in [-0.3, -0.25) is 4.98 Å². The molecule has 0 aliphatic carbocycles. The van der Waals surface area contributed by atoms with E-state index in [1.807, 2.05) is 36.7 Å². The number of hydrogen-bond acceptors (Lipinski definition) is 2. The molecule has 168 valence electrons. The average molecular weight is 435 g/mol. The van der Waals surface area contributed by atoms with Crippen molar-refractivity contribution >= 4 is 16.6 Å². The van der Waals surface area contributed by atoms with E-state index in [0.29, 0.717) is 0 Å². The molecule has 0 fully saturated rings. The van der Waals surface area contributed by atoms with E-state index in [-0.39, 0.29) is 0 Å². The van der Waals surface area contributed by atoms with Gasteiger partial charge in [-0.05, 0) is 42.2 Å². The Morgan fingerprint density at radius 1 is 0.848 bits per heavy atom. The van der Waals surface area contributed by atoms with E-state index in [1.54, 1.807) is 0 Å². The number of aromatic nitrogens is 1. The summed E-state index contributed by atoms with van der Waals surface area (Å²) in [6.07, 6.45) is 6.62. The summed E-state index contributed by atoms with van der Waals surface area (Å²) in [7, 11) is 0. The summed E-state index contributed by atoms with van der Waals surface area (Å²) < 4.78 is 0. The molecule has 1 aromatic heterocycles. The van der Waals surface area contributed by atoms with Crippen molar-refractivity contribution in [3.05, 3.63) is 132 Å². The second-order valence-corrected chi connectivity index (χ2v) is 8.33. The molecule has 1 heterocycles. The normalized spacial score (nSPS) is 10.3. The van der Waals surface area contributed by atoms with Crippen LogP contribution in [0.15, 0.2) is 110 Å². The minimum atomic E-state index is 0.757. The fraction of sp³-hybridized carbons (Fsp3) is 0.194. The lowest BCUT2D eigenvalue weighted by atomic mass is 10.0. The van der Waals surface area contributed by atoms with Gasteiger partial charge in [-0.2, -0.15) is 0 Å². The van der Waals surface area contributed by atoms with Crippen molar-refractivity contribution in [1.82, 2.24) is 4.98 Å². The number of benzene rings is 3. The van der Waals surface area contributed by atoms with Crippen molar-refractivity contribution in [2.24, 2.45) is 0 Å². The third kappa shape index (κ3) is 6.43. The Kier molecular flexibility index (Phi) is 8.60.